The van der Waals surface area contributed by atoms with Crippen molar-refractivity contribution in [2.75, 3.05) is 18.6 Å². The number of nitrogens with zero attached hydrogens (tertiary/aromatic N) is 2. The number of nitrogens with one attached hydrogen (secondary N) is 1. The number of carbonyl (C=O) groups is 1. The van der Waals surface area contributed by atoms with E-state index in [9.17, 15) is 4.79 Å². The van der Waals surface area contributed by atoms with Gasteiger partial charge in [0.15, 0.2) is 6.61 Å². The lowest BCUT2D eigenvalue weighted by molar-refractivity contribution is -0.123. The summed E-state index contributed by atoms with van der Waals surface area (Å²) in [5.74, 6) is 0.391. The largest absolute Gasteiger partial charge is 0.484 e. The molecule has 2 aromatic rings. The van der Waals surface area contributed by atoms with Crippen molar-refractivity contribution in [3.63, 3.8) is 0 Å². The van der Waals surface area contributed by atoms with E-state index >= 15 is 0 Å². The Morgan fingerprint density at radius 3 is 2.54 bits per heavy atom. The highest BCUT2D eigenvalue weighted by Crippen LogP contribution is 2.46. The number of benzene rings is 2. The minimum absolute atomic E-state index is 0.0758. The van der Waals surface area contributed by atoms with Crippen LogP contribution in [0.4, 0.5) is 5.69 Å². The van der Waals surface area contributed by atoms with Crippen molar-refractivity contribution >= 4 is 17.8 Å². The number of likely N-dealkylation sites (N-methyl/N-ethyl adjacent to an activating group) is 1. The monoisotopic (exact) mass is 377 g/mol. The fraction of sp³-hybridized carbons (Fsp3) is 0.304. The van der Waals surface area contributed by atoms with E-state index in [0.29, 0.717) is 5.75 Å². The molecule has 0 aliphatic carbocycles. The molecule has 0 saturated heterocycles. The molecule has 1 amide bonds. The number of aryl methyl sites for hydroxylation is 2. The molecule has 28 heavy (non-hydrogen) atoms. The average molecular weight is 377 g/mol. The zero-order valence-corrected chi connectivity index (χ0v) is 17.1. The minimum Gasteiger partial charge on any atom is -0.484 e. The Morgan fingerprint density at radius 1 is 1.18 bits per heavy atom. The number of anilines is 1. The zero-order valence-electron chi connectivity index (χ0n) is 17.1. The third-order valence-corrected chi connectivity index (χ3v) is 5.00. The van der Waals surface area contributed by atoms with Gasteiger partial charge in [-0.05, 0) is 54.8 Å². The molecule has 146 valence electrons. The summed E-state index contributed by atoms with van der Waals surface area (Å²) in [6.45, 7) is 8.29. The van der Waals surface area contributed by atoms with Gasteiger partial charge in [0.2, 0.25) is 0 Å². The second-order valence-electron chi connectivity index (χ2n) is 7.68. The standard InChI is InChI=1S/C23H27N3O2/c1-16-12-17(2)14-18(13-16)28-15-22(27)25-24-11-10-21-23(3,4)19-8-6-7-9-20(19)26(21)5/h6-14H,15H2,1-5H3,(H,25,27). The summed E-state index contributed by atoms with van der Waals surface area (Å²) >= 11 is 0. The third-order valence-electron chi connectivity index (χ3n) is 5.00. The van der Waals surface area contributed by atoms with Crippen molar-refractivity contribution in [1.29, 1.82) is 0 Å². The number of ether oxygens (including phenoxy) is 1. The van der Waals surface area contributed by atoms with E-state index in [2.05, 4.69) is 53.5 Å². The maximum Gasteiger partial charge on any atom is 0.277 e. The molecule has 1 heterocycles. The van der Waals surface area contributed by atoms with Crippen LogP contribution in [0, 0.1) is 13.8 Å². The smallest absolute Gasteiger partial charge is 0.277 e. The summed E-state index contributed by atoms with van der Waals surface area (Å²) < 4.78 is 5.54. The van der Waals surface area contributed by atoms with Gasteiger partial charge in [-0.2, -0.15) is 5.10 Å². The van der Waals surface area contributed by atoms with Crippen LogP contribution in [0.1, 0.15) is 30.5 Å². The van der Waals surface area contributed by atoms with Gasteiger partial charge in [-0.3, -0.25) is 4.79 Å². The molecule has 5 nitrogen and oxygen atoms in total. The Morgan fingerprint density at radius 2 is 1.86 bits per heavy atom. The second kappa shape index (κ2) is 7.89. The molecule has 1 N–H and O–H groups in total. The van der Waals surface area contributed by atoms with Crippen molar-refractivity contribution < 1.29 is 9.53 Å². The normalized spacial score (nSPS) is 16.5. The van der Waals surface area contributed by atoms with Crippen LogP contribution in [0.15, 0.2) is 59.3 Å². The molecular weight excluding hydrogens is 350 g/mol. The van der Waals surface area contributed by atoms with Gasteiger partial charge in [0.1, 0.15) is 5.75 Å². The molecule has 0 bridgehead atoms. The van der Waals surface area contributed by atoms with Crippen LogP contribution in [-0.4, -0.2) is 25.8 Å². The van der Waals surface area contributed by atoms with Crippen LogP contribution in [0.2, 0.25) is 0 Å². The summed E-state index contributed by atoms with van der Waals surface area (Å²) in [6, 6.07) is 14.2. The molecule has 0 unspecified atom stereocenters. The number of rotatable bonds is 5. The number of fused-ring (bicyclic) bond motifs is 1. The van der Waals surface area contributed by atoms with Crippen LogP contribution < -0.4 is 15.1 Å². The van der Waals surface area contributed by atoms with Crippen molar-refractivity contribution in [2.24, 2.45) is 5.10 Å². The second-order valence-corrected chi connectivity index (χ2v) is 7.68. The highest BCUT2D eigenvalue weighted by Gasteiger charge is 2.37. The number of para-hydroxylation sites is 1. The molecule has 5 heteroatoms. The molecule has 1 aliphatic rings. The molecule has 0 atom stereocenters. The Hall–Kier alpha value is -3.08. The van der Waals surface area contributed by atoms with Crippen LogP contribution in [0.5, 0.6) is 5.75 Å². The predicted molar refractivity (Wildman–Crippen MR) is 114 cm³/mol. The van der Waals surface area contributed by atoms with Crippen molar-refractivity contribution in [2.45, 2.75) is 33.1 Å². The summed E-state index contributed by atoms with van der Waals surface area (Å²) in [5, 5.41) is 4.04. The third kappa shape index (κ3) is 4.09. The van der Waals surface area contributed by atoms with Crippen molar-refractivity contribution in [1.82, 2.24) is 5.43 Å². The number of hydrazone groups is 1. The van der Waals surface area contributed by atoms with E-state index in [-0.39, 0.29) is 17.9 Å². The van der Waals surface area contributed by atoms with Gasteiger partial charge in [-0.25, -0.2) is 5.43 Å². The highest BCUT2D eigenvalue weighted by atomic mass is 16.5. The van der Waals surface area contributed by atoms with Gasteiger partial charge in [-0.15, -0.1) is 0 Å². The van der Waals surface area contributed by atoms with Crippen LogP contribution in [-0.2, 0) is 10.2 Å². The lowest BCUT2D eigenvalue weighted by Crippen LogP contribution is -2.25. The molecule has 0 saturated carbocycles. The summed E-state index contributed by atoms with van der Waals surface area (Å²) in [4.78, 5) is 14.1. The van der Waals surface area contributed by atoms with E-state index in [1.54, 1.807) is 6.21 Å². The first-order chi connectivity index (χ1) is 13.3. The van der Waals surface area contributed by atoms with E-state index in [1.165, 1.54) is 11.3 Å². The van der Waals surface area contributed by atoms with Gasteiger partial charge in [0.05, 0.1) is 0 Å². The topological polar surface area (TPSA) is 53.9 Å². The van der Waals surface area contributed by atoms with Crippen LogP contribution in [0.25, 0.3) is 0 Å². The lowest BCUT2D eigenvalue weighted by Gasteiger charge is -2.23. The van der Waals surface area contributed by atoms with E-state index in [0.717, 1.165) is 16.8 Å². The van der Waals surface area contributed by atoms with Crippen LogP contribution >= 0.6 is 0 Å². The maximum atomic E-state index is 12.0. The maximum absolute atomic E-state index is 12.0. The van der Waals surface area contributed by atoms with Gasteiger partial charge in [-0.1, -0.05) is 38.1 Å². The Balaban J connectivity index is 1.58. The first-order valence-electron chi connectivity index (χ1n) is 9.36. The van der Waals surface area contributed by atoms with Gasteiger partial charge in [0.25, 0.3) is 5.91 Å². The SMILES string of the molecule is Cc1cc(C)cc(OCC(=O)NN=CC=C2N(C)c3ccccc3C2(C)C)c1. The fourth-order valence-electron chi connectivity index (χ4n) is 3.72. The summed E-state index contributed by atoms with van der Waals surface area (Å²) in [7, 11) is 2.05. The molecule has 1 aliphatic heterocycles. The van der Waals surface area contributed by atoms with E-state index in [4.69, 9.17) is 4.74 Å². The molecule has 0 aromatic heterocycles. The Kier molecular flexibility index (Phi) is 5.54. The highest BCUT2D eigenvalue weighted by molar-refractivity contribution is 5.82. The quantitative estimate of drug-likeness (QED) is 0.631. The fourth-order valence-corrected chi connectivity index (χ4v) is 3.72. The first-order valence-corrected chi connectivity index (χ1v) is 9.36. The lowest BCUT2D eigenvalue weighted by atomic mass is 9.84. The molecule has 2 aromatic carbocycles. The number of amides is 1. The van der Waals surface area contributed by atoms with Crippen LogP contribution in [0.3, 0.4) is 0 Å². The first kappa shape index (κ1) is 19.7. The average Bonchev–Trinajstić information content (AvgIpc) is 2.83. The molecule has 0 spiro atoms. The summed E-state index contributed by atoms with van der Waals surface area (Å²) in [5.41, 5.74) is 8.19. The number of hydrogen-bond donors (Lipinski definition) is 1. The Labute approximate surface area is 166 Å². The molecular formula is C23H27N3O2. The molecule has 0 radical (unpaired) electrons. The summed E-state index contributed by atoms with van der Waals surface area (Å²) in [6.07, 6.45) is 3.55. The van der Waals surface area contributed by atoms with Gasteiger partial charge < -0.3 is 9.64 Å². The van der Waals surface area contributed by atoms with Crippen molar-refractivity contribution in [3.8, 4) is 5.75 Å². The number of hydrogen-bond acceptors (Lipinski definition) is 4. The van der Waals surface area contributed by atoms with Gasteiger partial charge >= 0.3 is 0 Å². The zero-order chi connectivity index (χ0) is 20.3. The van der Waals surface area contributed by atoms with Crippen molar-refractivity contribution in [3.05, 3.63) is 70.9 Å². The molecule has 3 rings (SSSR count). The minimum atomic E-state index is -0.295. The Bertz CT molecular complexity index is 924. The van der Waals surface area contributed by atoms with Gasteiger partial charge in [0, 0.05) is 30.1 Å². The van der Waals surface area contributed by atoms with E-state index < -0.39 is 0 Å². The molecule has 0 fully saturated rings. The number of allylic oxidation sites excluding steroid dienone is 2. The van der Waals surface area contributed by atoms with E-state index in [1.807, 2.05) is 45.2 Å². The number of carbonyl (C=O) groups excluding carboxylic acids is 1. The predicted octanol–water partition coefficient (Wildman–Crippen LogP) is 4.10.